The van der Waals surface area contributed by atoms with Crippen LogP contribution in [-0.4, -0.2) is 6.10 Å². The number of anilines is 1. The molecule has 2 bridgehead atoms. The highest BCUT2D eigenvalue weighted by Crippen LogP contribution is 2.45. The van der Waals surface area contributed by atoms with E-state index in [-0.39, 0.29) is 18.0 Å². The van der Waals surface area contributed by atoms with E-state index in [4.69, 9.17) is 9.25 Å². The van der Waals surface area contributed by atoms with Gasteiger partial charge in [0, 0.05) is 12.8 Å². The summed E-state index contributed by atoms with van der Waals surface area (Å²) >= 11 is 0. The SMILES string of the molecule is Cc1ccc([C@@H]2C[C@@H]3Cc4cc(F)ccc4N2O3)o1. The molecule has 1 saturated heterocycles. The molecule has 0 amide bonds. The van der Waals surface area contributed by atoms with Crippen LogP contribution in [0.5, 0.6) is 0 Å². The van der Waals surface area contributed by atoms with Gasteiger partial charge >= 0.3 is 0 Å². The van der Waals surface area contributed by atoms with Crippen LogP contribution in [0.3, 0.4) is 0 Å². The van der Waals surface area contributed by atoms with E-state index >= 15 is 0 Å². The van der Waals surface area contributed by atoms with Gasteiger partial charge < -0.3 is 4.42 Å². The standard InChI is InChI=1S/C15H14FNO2/c1-9-2-5-15(18-9)14-8-12-7-10-6-11(16)3-4-13(10)17(14)19-12/h2-6,12,14H,7-8H2,1H3/t12-,14-/m0/s1. The predicted molar refractivity (Wildman–Crippen MR) is 68.3 cm³/mol. The molecule has 0 saturated carbocycles. The Hall–Kier alpha value is -1.81. The summed E-state index contributed by atoms with van der Waals surface area (Å²) in [6.45, 7) is 1.93. The fraction of sp³-hybridized carbons (Fsp3) is 0.333. The molecule has 1 aromatic heterocycles. The van der Waals surface area contributed by atoms with Crippen LogP contribution in [0.2, 0.25) is 0 Å². The molecular formula is C15H14FNO2. The highest BCUT2D eigenvalue weighted by Gasteiger charge is 2.41. The van der Waals surface area contributed by atoms with E-state index in [9.17, 15) is 4.39 Å². The molecule has 3 nitrogen and oxygen atoms in total. The van der Waals surface area contributed by atoms with E-state index in [2.05, 4.69) is 0 Å². The lowest BCUT2D eigenvalue weighted by Crippen LogP contribution is -2.27. The summed E-state index contributed by atoms with van der Waals surface area (Å²) in [6.07, 6.45) is 1.76. The second-order valence-corrected chi connectivity index (χ2v) is 5.23. The summed E-state index contributed by atoms with van der Waals surface area (Å²) < 4.78 is 19.0. The molecule has 2 aromatic rings. The third-order valence-electron chi connectivity index (χ3n) is 3.85. The monoisotopic (exact) mass is 259 g/mol. The van der Waals surface area contributed by atoms with Gasteiger partial charge in [-0.15, -0.1) is 0 Å². The number of furan rings is 1. The summed E-state index contributed by atoms with van der Waals surface area (Å²) in [7, 11) is 0. The minimum absolute atomic E-state index is 0.0883. The van der Waals surface area contributed by atoms with Gasteiger partial charge in [0.1, 0.15) is 23.4 Å². The first-order valence-electron chi connectivity index (χ1n) is 6.51. The lowest BCUT2D eigenvalue weighted by atomic mass is 10.0. The Kier molecular flexibility index (Phi) is 2.23. The van der Waals surface area contributed by atoms with Crippen LogP contribution in [0.25, 0.3) is 0 Å². The smallest absolute Gasteiger partial charge is 0.129 e. The molecule has 3 heterocycles. The van der Waals surface area contributed by atoms with Crippen LogP contribution in [0, 0.1) is 12.7 Å². The van der Waals surface area contributed by atoms with Crippen molar-refractivity contribution in [2.75, 3.05) is 5.06 Å². The third kappa shape index (κ3) is 1.67. The van der Waals surface area contributed by atoms with E-state index in [1.807, 2.05) is 24.1 Å². The van der Waals surface area contributed by atoms with Crippen molar-refractivity contribution < 1.29 is 13.6 Å². The summed E-state index contributed by atoms with van der Waals surface area (Å²) in [6, 6.07) is 8.91. The van der Waals surface area contributed by atoms with Crippen LogP contribution in [-0.2, 0) is 11.3 Å². The van der Waals surface area contributed by atoms with Crippen molar-refractivity contribution in [3.63, 3.8) is 0 Å². The van der Waals surface area contributed by atoms with Crippen molar-refractivity contribution in [1.82, 2.24) is 0 Å². The molecule has 2 atom stereocenters. The predicted octanol–water partition coefficient (Wildman–Crippen LogP) is 3.53. The first kappa shape index (κ1) is 11.1. The Morgan fingerprint density at radius 1 is 1.26 bits per heavy atom. The van der Waals surface area contributed by atoms with Gasteiger partial charge in [-0.2, -0.15) is 0 Å². The Balaban J connectivity index is 1.77. The van der Waals surface area contributed by atoms with E-state index in [0.717, 1.165) is 35.6 Å². The van der Waals surface area contributed by atoms with E-state index < -0.39 is 0 Å². The normalized spacial score (nSPS) is 24.6. The molecule has 2 aliphatic rings. The van der Waals surface area contributed by atoms with Crippen LogP contribution in [0.1, 0.15) is 29.5 Å². The van der Waals surface area contributed by atoms with Gasteiger partial charge in [-0.1, -0.05) is 0 Å². The van der Waals surface area contributed by atoms with Crippen molar-refractivity contribution >= 4 is 5.69 Å². The Morgan fingerprint density at radius 2 is 2.16 bits per heavy atom. The lowest BCUT2D eigenvalue weighted by molar-refractivity contribution is 0.0723. The number of hydroxylamine groups is 1. The molecule has 19 heavy (non-hydrogen) atoms. The van der Waals surface area contributed by atoms with Crippen molar-refractivity contribution in [3.05, 3.63) is 53.2 Å². The van der Waals surface area contributed by atoms with Crippen molar-refractivity contribution in [2.24, 2.45) is 0 Å². The highest BCUT2D eigenvalue weighted by atomic mass is 19.1. The maximum Gasteiger partial charge on any atom is 0.129 e. The number of halogens is 1. The highest BCUT2D eigenvalue weighted by molar-refractivity contribution is 5.56. The molecule has 0 N–H and O–H groups in total. The first-order valence-corrected chi connectivity index (χ1v) is 6.51. The largest absolute Gasteiger partial charge is 0.464 e. The minimum Gasteiger partial charge on any atom is -0.464 e. The van der Waals surface area contributed by atoms with Gasteiger partial charge in [-0.3, -0.25) is 4.84 Å². The zero-order valence-corrected chi connectivity index (χ0v) is 10.6. The van der Waals surface area contributed by atoms with Crippen LogP contribution in [0.15, 0.2) is 34.7 Å². The van der Waals surface area contributed by atoms with Crippen LogP contribution in [0.4, 0.5) is 10.1 Å². The summed E-state index contributed by atoms with van der Waals surface area (Å²) in [5.74, 6) is 1.63. The summed E-state index contributed by atoms with van der Waals surface area (Å²) in [5.41, 5.74) is 1.97. The van der Waals surface area contributed by atoms with E-state index in [1.54, 1.807) is 12.1 Å². The number of nitrogens with zero attached hydrogens (tertiary/aromatic N) is 1. The molecule has 0 unspecified atom stereocenters. The minimum atomic E-state index is -0.188. The quantitative estimate of drug-likeness (QED) is 0.783. The zero-order valence-electron chi connectivity index (χ0n) is 10.6. The number of hydrogen-bond donors (Lipinski definition) is 0. The van der Waals surface area contributed by atoms with E-state index in [1.165, 1.54) is 6.07 Å². The molecule has 2 aliphatic heterocycles. The average Bonchev–Trinajstić information content (AvgIpc) is 2.94. The lowest BCUT2D eigenvalue weighted by Gasteiger charge is -2.29. The second-order valence-electron chi connectivity index (χ2n) is 5.23. The van der Waals surface area contributed by atoms with Crippen LogP contribution >= 0.6 is 0 Å². The van der Waals surface area contributed by atoms with Gasteiger partial charge in [-0.05, 0) is 42.8 Å². The molecule has 1 aromatic carbocycles. The Labute approximate surface area is 110 Å². The number of rotatable bonds is 1. The number of hydrogen-bond acceptors (Lipinski definition) is 3. The topological polar surface area (TPSA) is 25.6 Å². The fourth-order valence-corrected chi connectivity index (χ4v) is 3.01. The van der Waals surface area contributed by atoms with Gasteiger partial charge in [0.25, 0.3) is 0 Å². The van der Waals surface area contributed by atoms with E-state index in [0.29, 0.717) is 0 Å². The maximum absolute atomic E-state index is 13.3. The van der Waals surface area contributed by atoms with Gasteiger partial charge in [-0.25, -0.2) is 9.45 Å². The van der Waals surface area contributed by atoms with Crippen LogP contribution < -0.4 is 5.06 Å². The molecule has 1 fully saturated rings. The van der Waals surface area contributed by atoms with Gasteiger partial charge in [0.05, 0.1) is 11.8 Å². The zero-order chi connectivity index (χ0) is 13.0. The average molecular weight is 259 g/mol. The molecule has 98 valence electrons. The van der Waals surface area contributed by atoms with Crippen molar-refractivity contribution in [2.45, 2.75) is 31.9 Å². The third-order valence-corrected chi connectivity index (χ3v) is 3.85. The Morgan fingerprint density at radius 3 is 2.95 bits per heavy atom. The van der Waals surface area contributed by atoms with Gasteiger partial charge in [0.2, 0.25) is 0 Å². The Bertz CT molecular complexity index is 637. The van der Waals surface area contributed by atoms with Crippen molar-refractivity contribution in [1.29, 1.82) is 0 Å². The van der Waals surface area contributed by atoms with Gasteiger partial charge in [0.15, 0.2) is 0 Å². The molecule has 0 radical (unpaired) electrons. The van der Waals surface area contributed by atoms with Crippen molar-refractivity contribution in [3.8, 4) is 0 Å². The molecule has 4 rings (SSSR count). The molecule has 0 spiro atoms. The number of benzene rings is 1. The number of fused-ring (bicyclic) bond motifs is 4. The summed E-state index contributed by atoms with van der Waals surface area (Å²) in [5, 5.41) is 1.88. The second kappa shape index (κ2) is 3.84. The molecular weight excluding hydrogens is 245 g/mol. The number of aryl methyl sites for hydroxylation is 1. The first-order chi connectivity index (χ1) is 9.20. The molecule has 4 heteroatoms. The fourth-order valence-electron chi connectivity index (χ4n) is 3.01. The molecule has 0 aliphatic carbocycles. The maximum atomic E-state index is 13.3. The summed E-state index contributed by atoms with van der Waals surface area (Å²) in [4.78, 5) is 5.89.